The molecule has 0 aliphatic rings. The number of carbonyl (C=O) groups is 1. The van der Waals surface area contributed by atoms with Crippen LogP contribution in [0.25, 0.3) is 0 Å². The van der Waals surface area contributed by atoms with Gasteiger partial charge in [-0.2, -0.15) is 5.10 Å². The van der Waals surface area contributed by atoms with Crippen LogP contribution in [-0.2, 0) is 6.61 Å². The van der Waals surface area contributed by atoms with E-state index in [1.54, 1.807) is 25.3 Å². The van der Waals surface area contributed by atoms with Crippen LogP contribution in [0.4, 0.5) is 0 Å². The largest absolute Gasteiger partial charge is 0.497 e. The van der Waals surface area contributed by atoms with E-state index in [4.69, 9.17) is 18.9 Å². The third-order valence-corrected chi connectivity index (χ3v) is 4.98. The average molecular weight is 499 g/mol. The predicted octanol–water partition coefficient (Wildman–Crippen LogP) is 4.82. The van der Waals surface area contributed by atoms with Crippen LogP contribution >= 0.6 is 15.9 Å². The van der Waals surface area contributed by atoms with Gasteiger partial charge in [0.25, 0.3) is 5.91 Å². The number of nitrogens with zero attached hydrogens (tertiary/aromatic N) is 1. The zero-order valence-corrected chi connectivity index (χ0v) is 19.5. The van der Waals surface area contributed by atoms with E-state index in [1.807, 2.05) is 42.5 Å². The van der Waals surface area contributed by atoms with Crippen molar-refractivity contribution in [3.05, 3.63) is 81.8 Å². The molecule has 0 aliphatic carbocycles. The van der Waals surface area contributed by atoms with Crippen LogP contribution in [0.2, 0.25) is 0 Å². The Morgan fingerprint density at radius 2 is 1.66 bits per heavy atom. The second-order valence-electron chi connectivity index (χ2n) is 6.62. The van der Waals surface area contributed by atoms with E-state index < -0.39 is 5.91 Å². The van der Waals surface area contributed by atoms with Crippen LogP contribution in [-0.4, -0.2) is 33.5 Å². The molecular weight excluding hydrogens is 476 g/mol. The second kappa shape index (κ2) is 11.2. The van der Waals surface area contributed by atoms with E-state index in [2.05, 4.69) is 26.5 Å². The second-order valence-corrected chi connectivity index (χ2v) is 7.54. The van der Waals surface area contributed by atoms with Crippen molar-refractivity contribution in [3.8, 4) is 23.0 Å². The number of rotatable bonds is 9. The van der Waals surface area contributed by atoms with Crippen LogP contribution in [0, 0.1) is 0 Å². The molecule has 8 heteroatoms. The van der Waals surface area contributed by atoms with Crippen molar-refractivity contribution in [3.63, 3.8) is 0 Å². The fourth-order valence-electron chi connectivity index (χ4n) is 2.84. The molecule has 7 nitrogen and oxygen atoms in total. The van der Waals surface area contributed by atoms with E-state index >= 15 is 0 Å². The molecule has 0 saturated carbocycles. The van der Waals surface area contributed by atoms with E-state index in [0.717, 1.165) is 15.8 Å². The number of halogens is 1. The number of hydrogen-bond donors (Lipinski definition) is 1. The number of methoxy groups -OCH3 is 3. The lowest BCUT2D eigenvalue weighted by Crippen LogP contribution is -2.17. The molecule has 1 N–H and O–H groups in total. The number of hydrazone groups is 1. The molecule has 166 valence electrons. The molecule has 0 fully saturated rings. The molecule has 0 heterocycles. The molecule has 32 heavy (non-hydrogen) atoms. The quantitative estimate of drug-likeness (QED) is 0.338. The third-order valence-electron chi connectivity index (χ3n) is 4.48. The van der Waals surface area contributed by atoms with Gasteiger partial charge in [-0.15, -0.1) is 0 Å². The number of amides is 1. The molecular formula is C24H23BrN2O5. The Bertz CT molecular complexity index is 1100. The molecule has 0 aliphatic heterocycles. The highest BCUT2D eigenvalue weighted by Gasteiger charge is 2.10. The lowest BCUT2D eigenvalue weighted by Gasteiger charge is -2.11. The summed E-state index contributed by atoms with van der Waals surface area (Å²) in [4.78, 5) is 12.5. The fourth-order valence-corrected chi connectivity index (χ4v) is 3.22. The summed E-state index contributed by atoms with van der Waals surface area (Å²) < 4.78 is 22.5. The number of ether oxygens (including phenoxy) is 4. The molecule has 0 saturated heterocycles. The van der Waals surface area contributed by atoms with Gasteiger partial charge in [-0.3, -0.25) is 4.79 Å². The van der Waals surface area contributed by atoms with Crippen LogP contribution in [0.15, 0.2) is 70.2 Å². The highest BCUT2D eigenvalue weighted by atomic mass is 79.9. The Balaban J connectivity index is 1.71. The SMILES string of the molecule is COc1cccc(COc2ccc(Br)cc2/C=N/NC(=O)c2cc(OC)cc(OC)c2)c1. The summed E-state index contributed by atoms with van der Waals surface area (Å²) in [7, 11) is 4.67. The van der Waals surface area contributed by atoms with E-state index in [1.165, 1.54) is 20.4 Å². The van der Waals surface area contributed by atoms with Crippen molar-refractivity contribution < 1.29 is 23.7 Å². The van der Waals surface area contributed by atoms with Gasteiger partial charge < -0.3 is 18.9 Å². The Labute approximate surface area is 195 Å². The summed E-state index contributed by atoms with van der Waals surface area (Å²) in [6.45, 7) is 0.357. The first-order valence-electron chi connectivity index (χ1n) is 9.64. The van der Waals surface area contributed by atoms with Gasteiger partial charge in [-0.05, 0) is 48.0 Å². The standard InChI is InChI=1S/C24H23BrN2O5/c1-29-20-6-4-5-16(9-20)15-32-23-8-7-19(25)10-18(23)14-26-27-24(28)17-11-21(30-2)13-22(12-17)31-3/h4-14H,15H2,1-3H3,(H,27,28)/b26-14+. The normalized spacial score (nSPS) is 10.6. The molecule has 3 aromatic carbocycles. The lowest BCUT2D eigenvalue weighted by atomic mass is 10.2. The third kappa shape index (κ3) is 6.24. The molecule has 1 amide bonds. The minimum atomic E-state index is -0.396. The minimum Gasteiger partial charge on any atom is -0.497 e. The zero-order valence-electron chi connectivity index (χ0n) is 17.9. The van der Waals surface area contributed by atoms with E-state index in [9.17, 15) is 4.79 Å². The van der Waals surface area contributed by atoms with Crippen molar-refractivity contribution in [2.24, 2.45) is 5.10 Å². The molecule has 3 rings (SSSR count). The summed E-state index contributed by atoms with van der Waals surface area (Å²) in [5.74, 6) is 2.02. The van der Waals surface area contributed by atoms with Gasteiger partial charge in [0.15, 0.2) is 0 Å². The zero-order chi connectivity index (χ0) is 22.9. The van der Waals surface area contributed by atoms with E-state index in [-0.39, 0.29) is 0 Å². The van der Waals surface area contributed by atoms with Crippen molar-refractivity contribution in [1.82, 2.24) is 5.43 Å². The molecule has 3 aromatic rings. The molecule has 0 radical (unpaired) electrons. The fraction of sp³-hybridized carbons (Fsp3) is 0.167. The maximum absolute atomic E-state index is 12.5. The predicted molar refractivity (Wildman–Crippen MR) is 126 cm³/mol. The monoisotopic (exact) mass is 498 g/mol. The van der Waals surface area contributed by atoms with Crippen molar-refractivity contribution in [1.29, 1.82) is 0 Å². The molecule has 0 atom stereocenters. The van der Waals surface area contributed by atoms with Crippen molar-refractivity contribution >= 4 is 28.1 Å². The molecule has 0 unspecified atom stereocenters. The summed E-state index contributed by atoms with van der Waals surface area (Å²) in [6.07, 6.45) is 1.53. The molecule has 0 aromatic heterocycles. The Morgan fingerprint density at radius 1 is 0.938 bits per heavy atom. The van der Waals surface area contributed by atoms with Crippen LogP contribution in [0.5, 0.6) is 23.0 Å². The maximum atomic E-state index is 12.5. The van der Waals surface area contributed by atoms with Crippen molar-refractivity contribution in [2.45, 2.75) is 6.61 Å². The first-order chi connectivity index (χ1) is 15.5. The maximum Gasteiger partial charge on any atom is 0.271 e. The lowest BCUT2D eigenvalue weighted by molar-refractivity contribution is 0.0954. The van der Waals surface area contributed by atoms with Gasteiger partial charge in [0.2, 0.25) is 0 Å². The smallest absolute Gasteiger partial charge is 0.271 e. The van der Waals surface area contributed by atoms with Gasteiger partial charge >= 0.3 is 0 Å². The number of nitrogens with one attached hydrogen (secondary N) is 1. The first kappa shape index (κ1) is 23.1. The Kier molecular flexibility index (Phi) is 8.10. The van der Waals surface area contributed by atoms with Crippen LogP contribution < -0.4 is 24.4 Å². The molecule has 0 spiro atoms. The Morgan fingerprint density at radius 3 is 2.34 bits per heavy atom. The van der Waals surface area contributed by atoms with Gasteiger partial charge in [-0.1, -0.05) is 28.1 Å². The van der Waals surface area contributed by atoms with Crippen LogP contribution in [0.1, 0.15) is 21.5 Å². The van der Waals surface area contributed by atoms with Crippen LogP contribution in [0.3, 0.4) is 0 Å². The van der Waals surface area contributed by atoms with Gasteiger partial charge in [0.1, 0.15) is 29.6 Å². The summed E-state index contributed by atoms with van der Waals surface area (Å²) in [5.41, 5.74) is 4.55. The summed E-state index contributed by atoms with van der Waals surface area (Å²) >= 11 is 3.45. The Hall–Kier alpha value is -3.52. The summed E-state index contributed by atoms with van der Waals surface area (Å²) in [5, 5.41) is 4.09. The number of benzene rings is 3. The minimum absolute atomic E-state index is 0.357. The summed E-state index contributed by atoms with van der Waals surface area (Å²) in [6, 6.07) is 18.1. The molecule has 0 bridgehead atoms. The highest BCUT2D eigenvalue weighted by molar-refractivity contribution is 9.10. The number of hydrogen-bond acceptors (Lipinski definition) is 6. The highest BCUT2D eigenvalue weighted by Crippen LogP contribution is 2.24. The number of carbonyl (C=O) groups excluding carboxylic acids is 1. The first-order valence-corrected chi connectivity index (χ1v) is 10.4. The van der Waals surface area contributed by atoms with Crippen molar-refractivity contribution in [2.75, 3.05) is 21.3 Å². The van der Waals surface area contributed by atoms with Gasteiger partial charge in [0, 0.05) is 21.7 Å². The topological polar surface area (TPSA) is 78.4 Å². The van der Waals surface area contributed by atoms with Gasteiger partial charge in [0.05, 0.1) is 27.5 Å². The van der Waals surface area contributed by atoms with E-state index in [0.29, 0.717) is 35.0 Å². The van der Waals surface area contributed by atoms with Gasteiger partial charge in [-0.25, -0.2) is 5.43 Å². The average Bonchev–Trinajstić information content (AvgIpc) is 2.83.